The highest BCUT2D eigenvalue weighted by atomic mass is 16.5. The van der Waals surface area contributed by atoms with E-state index >= 15 is 0 Å². The fraction of sp³-hybridized carbons (Fsp3) is 0.321. The molecule has 5 heteroatoms. The second kappa shape index (κ2) is 8.14. The van der Waals surface area contributed by atoms with Gasteiger partial charge >= 0.3 is 5.97 Å². The average Bonchev–Trinajstić information content (AvgIpc) is 2.82. The summed E-state index contributed by atoms with van der Waals surface area (Å²) in [7, 11) is 1.71. The number of nitrogens with one attached hydrogen (secondary N) is 1. The van der Waals surface area contributed by atoms with Crippen molar-refractivity contribution in [3.63, 3.8) is 0 Å². The van der Waals surface area contributed by atoms with Gasteiger partial charge in [-0.15, -0.1) is 0 Å². The van der Waals surface area contributed by atoms with Gasteiger partial charge in [0.15, 0.2) is 0 Å². The second-order valence-electron chi connectivity index (χ2n) is 9.48. The summed E-state index contributed by atoms with van der Waals surface area (Å²) in [4.78, 5) is 10.8. The van der Waals surface area contributed by atoms with Gasteiger partial charge in [-0.05, 0) is 52.9 Å². The lowest BCUT2D eigenvalue weighted by Gasteiger charge is -2.48. The maximum atomic E-state index is 10.8. The van der Waals surface area contributed by atoms with Crippen molar-refractivity contribution in [1.29, 1.82) is 0 Å². The fourth-order valence-electron chi connectivity index (χ4n) is 5.27. The van der Waals surface area contributed by atoms with Crippen LogP contribution in [0.15, 0.2) is 60.7 Å². The van der Waals surface area contributed by atoms with E-state index in [0.717, 1.165) is 39.4 Å². The molecule has 0 aromatic heterocycles. The number of anilines is 1. The molecule has 0 saturated heterocycles. The Hall–Kier alpha value is -3.47. The molecule has 5 rings (SSSR count). The Labute approximate surface area is 194 Å². The number of carboxylic acid groups (broad SMARTS) is 1. The third-order valence-corrected chi connectivity index (χ3v) is 7.24. The van der Waals surface area contributed by atoms with Gasteiger partial charge in [0.25, 0.3) is 0 Å². The Kier molecular flexibility index (Phi) is 5.28. The lowest BCUT2D eigenvalue weighted by atomic mass is 9.65. The smallest absolute Gasteiger partial charge is 0.303 e. The zero-order chi connectivity index (χ0) is 23.2. The van der Waals surface area contributed by atoms with Crippen LogP contribution in [0.5, 0.6) is 11.5 Å². The molecule has 3 aromatic rings. The monoisotopic (exact) mass is 443 g/mol. The van der Waals surface area contributed by atoms with Gasteiger partial charge in [-0.1, -0.05) is 50.2 Å². The summed E-state index contributed by atoms with van der Waals surface area (Å²) >= 11 is 0. The summed E-state index contributed by atoms with van der Waals surface area (Å²) in [5.74, 6) is 1.23. The van der Waals surface area contributed by atoms with Crippen molar-refractivity contribution >= 4 is 11.7 Å². The van der Waals surface area contributed by atoms with Crippen LogP contribution in [0.1, 0.15) is 43.0 Å². The molecular formula is C28H29NO4. The number of methoxy groups -OCH3 is 1. The second-order valence-corrected chi connectivity index (χ2v) is 9.48. The predicted octanol–water partition coefficient (Wildman–Crippen LogP) is 5.83. The third-order valence-electron chi connectivity index (χ3n) is 7.24. The number of benzene rings is 3. The van der Waals surface area contributed by atoms with Crippen LogP contribution in [0.25, 0.3) is 11.1 Å². The summed E-state index contributed by atoms with van der Waals surface area (Å²) in [6.07, 6.45) is 0.696. The minimum atomic E-state index is -0.770. The summed E-state index contributed by atoms with van der Waals surface area (Å²) in [6.45, 7) is 5.24. The lowest BCUT2D eigenvalue weighted by Crippen LogP contribution is -2.46. The molecule has 33 heavy (non-hydrogen) atoms. The number of hydrogen-bond acceptors (Lipinski definition) is 4. The Bertz CT molecular complexity index is 1180. The average molecular weight is 444 g/mol. The van der Waals surface area contributed by atoms with Gasteiger partial charge in [-0.25, -0.2) is 0 Å². The van der Waals surface area contributed by atoms with Crippen molar-refractivity contribution in [2.75, 3.05) is 19.0 Å². The Morgan fingerprint density at radius 3 is 2.61 bits per heavy atom. The quantitative estimate of drug-likeness (QED) is 0.519. The number of aryl methyl sites for hydroxylation is 1. The van der Waals surface area contributed by atoms with Gasteiger partial charge in [0.05, 0.1) is 25.3 Å². The zero-order valence-electron chi connectivity index (χ0n) is 19.2. The van der Waals surface area contributed by atoms with E-state index in [4.69, 9.17) is 14.6 Å². The van der Waals surface area contributed by atoms with Gasteiger partial charge < -0.3 is 19.9 Å². The Morgan fingerprint density at radius 2 is 1.88 bits per heavy atom. The zero-order valence-corrected chi connectivity index (χ0v) is 19.2. The number of hydrogen-bond donors (Lipinski definition) is 2. The van der Waals surface area contributed by atoms with Crippen molar-refractivity contribution < 1.29 is 19.4 Å². The molecule has 0 fully saturated rings. The first-order valence-electron chi connectivity index (χ1n) is 11.4. The van der Waals surface area contributed by atoms with Crippen molar-refractivity contribution in [1.82, 2.24) is 0 Å². The highest BCUT2D eigenvalue weighted by molar-refractivity contribution is 5.72. The van der Waals surface area contributed by atoms with Gasteiger partial charge in [0, 0.05) is 23.4 Å². The molecule has 0 amide bonds. The van der Waals surface area contributed by atoms with Crippen LogP contribution in [0.2, 0.25) is 0 Å². The van der Waals surface area contributed by atoms with Crippen LogP contribution in [-0.2, 0) is 16.6 Å². The molecule has 0 radical (unpaired) electrons. The van der Waals surface area contributed by atoms with E-state index in [1.54, 1.807) is 7.11 Å². The summed E-state index contributed by atoms with van der Waals surface area (Å²) in [5, 5.41) is 12.7. The molecule has 2 aliphatic heterocycles. The number of ether oxygens (including phenoxy) is 2. The highest BCUT2D eigenvalue weighted by Crippen LogP contribution is 2.54. The maximum absolute atomic E-state index is 10.8. The van der Waals surface area contributed by atoms with E-state index < -0.39 is 5.97 Å². The highest BCUT2D eigenvalue weighted by Gasteiger charge is 2.47. The molecule has 0 aliphatic carbocycles. The number of carboxylic acids is 1. The molecule has 2 aliphatic rings. The minimum Gasteiger partial charge on any atom is -0.496 e. The predicted molar refractivity (Wildman–Crippen MR) is 129 cm³/mol. The Morgan fingerprint density at radius 1 is 1.12 bits per heavy atom. The van der Waals surface area contributed by atoms with E-state index in [1.165, 1.54) is 5.56 Å². The van der Waals surface area contributed by atoms with E-state index in [9.17, 15) is 4.79 Å². The topological polar surface area (TPSA) is 67.8 Å². The minimum absolute atomic E-state index is 0.110. The lowest BCUT2D eigenvalue weighted by molar-refractivity contribution is -0.136. The first kappa shape index (κ1) is 21.4. The summed E-state index contributed by atoms with van der Waals surface area (Å²) in [6, 6.07) is 20.9. The van der Waals surface area contributed by atoms with Gasteiger partial charge in [-0.3, -0.25) is 4.79 Å². The molecule has 2 N–H and O–H groups in total. The SMILES string of the molecule is COc1cccc2c1[C@H]1Nc3ccc(-c4ccc(CCC(=O)O)cc4)cc3C(C)(C)[C@H]1CO2. The molecular weight excluding hydrogens is 414 g/mol. The number of aliphatic carboxylic acids is 1. The van der Waals surface area contributed by atoms with Crippen LogP contribution < -0.4 is 14.8 Å². The van der Waals surface area contributed by atoms with E-state index in [1.807, 2.05) is 30.3 Å². The van der Waals surface area contributed by atoms with Crippen LogP contribution in [0, 0.1) is 5.92 Å². The van der Waals surface area contributed by atoms with Crippen molar-refractivity contribution in [2.45, 2.75) is 38.1 Å². The third kappa shape index (κ3) is 3.71. The van der Waals surface area contributed by atoms with Crippen LogP contribution in [-0.4, -0.2) is 24.8 Å². The van der Waals surface area contributed by atoms with Crippen molar-refractivity contribution in [2.24, 2.45) is 5.92 Å². The Balaban J connectivity index is 1.49. The molecule has 3 aromatic carbocycles. The van der Waals surface area contributed by atoms with E-state index in [-0.39, 0.29) is 23.8 Å². The number of rotatable bonds is 5. The summed E-state index contributed by atoms with van der Waals surface area (Å²) < 4.78 is 11.9. The van der Waals surface area contributed by atoms with Crippen molar-refractivity contribution in [3.8, 4) is 22.6 Å². The molecule has 0 saturated carbocycles. The van der Waals surface area contributed by atoms with Crippen LogP contribution >= 0.6 is 0 Å². The number of fused-ring (bicyclic) bond motifs is 4. The summed E-state index contributed by atoms with van der Waals surface area (Å²) in [5.41, 5.74) is 6.72. The molecule has 2 atom stereocenters. The first-order valence-corrected chi connectivity index (χ1v) is 11.4. The molecule has 0 unspecified atom stereocenters. The van der Waals surface area contributed by atoms with Gasteiger partial charge in [0.1, 0.15) is 11.5 Å². The molecule has 0 spiro atoms. The maximum Gasteiger partial charge on any atom is 0.303 e. The molecule has 2 heterocycles. The number of carbonyl (C=O) groups is 1. The molecule has 0 bridgehead atoms. The fourth-order valence-corrected chi connectivity index (χ4v) is 5.27. The standard InChI is InChI=1S/C28H29NO4/c1-28(2)20-15-19(18-10-7-17(8-11-18)9-14-25(30)31)12-13-22(20)29-27-21(28)16-33-24-6-4-5-23(32-3)26(24)27/h4-8,10-13,15,21,27,29H,9,14,16H2,1-3H3,(H,30,31)/t21-,27-/m0/s1. The van der Waals surface area contributed by atoms with E-state index in [2.05, 4.69) is 49.5 Å². The van der Waals surface area contributed by atoms with E-state index in [0.29, 0.717) is 13.0 Å². The normalized spacial score (nSPS) is 19.8. The largest absolute Gasteiger partial charge is 0.496 e. The molecule has 170 valence electrons. The van der Waals surface area contributed by atoms with Crippen molar-refractivity contribution in [3.05, 3.63) is 77.4 Å². The van der Waals surface area contributed by atoms with Crippen LogP contribution in [0.4, 0.5) is 5.69 Å². The molecule has 5 nitrogen and oxygen atoms in total. The first-order chi connectivity index (χ1) is 15.9. The van der Waals surface area contributed by atoms with Gasteiger partial charge in [0.2, 0.25) is 0 Å². The van der Waals surface area contributed by atoms with Gasteiger partial charge in [-0.2, -0.15) is 0 Å². The van der Waals surface area contributed by atoms with Crippen LogP contribution in [0.3, 0.4) is 0 Å².